The first kappa shape index (κ1) is 19.4. The van der Waals surface area contributed by atoms with Crippen molar-refractivity contribution in [3.63, 3.8) is 0 Å². The minimum absolute atomic E-state index is 0.0311. The predicted octanol–water partition coefficient (Wildman–Crippen LogP) is 4.59. The number of ether oxygens (including phenoxy) is 2. The Morgan fingerprint density at radius 1 is 1.28 bits per heavy atom. The van der Waals surface area contributed by atoms with Crippen LogP contribution in [-0.2, 0) is 4.74 Å². The fourth-order valence-electron chi connectivity index (χ4n) is 3.11. The molecule has 0 bridgehead atoms. The van der Waals surface area contributed by atoms with Crippen LogP contribution in [0.1, 0.15) is 12.8 Å². The van der Waals surface area contributed by atoms with Crippen molar-refractivity contribution in [3.8, 4) is 11.5 Å². The van der Waals surface area contributed by atoms with Gasteiger partial charge in [0.2, 0.25) is 0 Å². The predicted molar refractivity (Wildman–Crippen MR) is 104 cm³/mol. The first-order valence-corrected chi connectivity index (χ1v) is 9.33. The summed E-state index contributed by atoms with van der Waals surface area (Å²) in [6.45, 7) is 1.13. The summed E-state index contributed by atoms with van der Waals surface area (Å²) >= 11 is 6.09. The third kappa shape index (κ3) is 4.25. The number of nitrogens with one attached hydrogen (secondary N) is 3. The quantitative estimate of drug-likeness (QED) is 0.574. The Hall–Kier alpha value is -2.91. The number of hydrogen-bond acceptors (Lipinski definition) is 4. The van der Waals surface area contributed by atoms with E-state index in [9.17, 15) is 13.6 Å². The monoisotopic (exact) mass is 422 g/mol. The number of aromatic nitrogens is 2. The SMILES string of the molecule is O=C(Nc1cc(F)c(Oc2ccnc3[nH]cc(Cl)c23)c(F)c1)NC1CCOCC1. The number of fused-ring (bicyclic) bond motifs is 1. The average Bonchev–Trinajstić information content (AvgIpc) is 3.07. The standard InChI is InChI=1S/C19H17ClF2N4O3/c20-12-9-24-18-16(12)15(1-4-23-18)29-17-13(21)7-11(8-14(17)22)26-19(27)25-10-2-5-28-6-3-10/h1,4,7-10H,2-3,5-6H2,(H,23,24)(H2,25,26,27). The fourth-order valence-corrected chi connectivity index (χ4v) is 3.34. The zero-order chi connectivity index (χ0) is 20.4. The van der Waals surface area contributed by atoms with Gasteiger partial charge in [0, 0.05) is 49.5 Å². The van der Waals surface area contributed by atoms with E-state index in [1.807, 2.05) is 0 Å². The van der Waals surface area contributed by atoms with Crippen LogP contribution in [0.15, 0.2) is 30.6 Å². The van der Waals surface area contributed by atoms with E-state index in [-0.39, 0.29) is 17.5 Å². The molecule has 10 heteroatoms. The van der Waals surface area contributed by atoms with Crippen molar-refractivity contribution in [1.82, 2.24) is 15.3 Å². The van der Waals surface area contributed by atoms with Gasteiger partial charge in [-0.15, -0.1) is 0 Å². The molecule has 1 fully saturated rings. The summed E-state index contributed by atoms with van der Waals surface area (Å²) in [4.78, 5) is 19.0. The van der Waals surface area contributed by atoms with E-state index < -0.39 is 23.4 Å². The van der Waals surface area contributed by atoms with Gasteiger partial charge in [0.1, 0.15) is 11.4 Å². The smallest absolute Gasteiger partial charge is 0.319 e. The zero-order valence-electron chi connectivity index (χ0n) is 15.1. The Morgan fingerprint density at radius 2 is 2.00 bits per heavy atom. The lowest BCUT2D eigenvalue weighted by Gasteiger charge is -2.23. The summed E-state index contributed by atoms with van der Waals surface area (Å²) < 4.78 is 39.7. The Morgan fingerprint density at radius 3 is 2.72 bits per heavy atom. The molecule has 3 heterocycles. The maximum atomic E-state index is 14.5. The molecule has 152 valence electrons. The molecule has 7 nitrogen and oxygen atoms in total. The van der Waals surface area contributed by atoms with Gasteiger partial charge in [-0.25, -0.2) is 18.6 Å². The number of urea groups is 1. The molecule has 4 rings (SSSR count). The van der Waals surface area contributed by atoms with E-state index in [2.05, 4.69) is 20.6 Å². The van der Waals surface area contributed by atoms with Crippen molar-refractivity contribution >= 4 is 34.4 Å². The van der Waals surface area contributed by atoms with Crippen LogP contribution in [0.5, 0.6) is 11.5 Å². The summed E-state index contributed by atoms with van der Waals surface area (Å²) in [7, 11) is 0. The average molecular weight is 423 g/mol. The number of carbonyl (C=O) groups is 1. The highest BCUT2D eigenvalue weighted by molar-refractivity contribution is 6.36. The number of carbonyl (C=O) groups excluding carboxylic acids is 1. The van der Waals surface area contributed by atoms with Crippen LogP contribution in [-0.4, -0.2) is 35.3 Å². The van der Waals surface area contributed by atoms with Gasteiger partial charge in [0.05, 0.1) is 10.4 Å². The number of hydrogen-bond donors (Lipinski definition) is 3. The first-order chi connectivity index (χ1) is 14.0. The van der Waals surface area contributed by atoms with E-state index in [1.165, 1.54) is 18.5 Å². The molecule has 0 aliphatic carbocycles. The fraction of sp³-hybridized carbons (Fsp3) is 0.263. The molecule has 1 aliphatic heterocycles. The Labute approximate surface area is 169 Å². The van der Waals surface area contributed by atoms with Crippen molar-refractivity contribution < 1.29 is 23.0 Å². The molecule has 1 aliphatic rings. The highest BCUT2D eigenvalue weighted by Gasteiger charge is 2.19. The molecule has 1 saturated heterocycles. The molecular weight excluding hydrogens is 406 g/mol. The molecule has 0 unspecified atom stereocenters. The maximum Gasteiger partial charge on any atom is 0.319 e. The van der Waals surface area contributed by atoms with Gasteiger partial charge in [0.25, 0.3) is 0 Å². The van der Waals surface area contributed by atoms with Gasteiger partial charge >= 0.3 is 6.03 Å². The number of halogens is 3. The summed E-state index contributed by atoms with van der Waals surface area (Å²) in [5.74, 6) is -2.40. The normalized spacial score (nSPS) is 14.7. The number of nitrogens with zero attached hydrogens (tertiary/aromatic N) is 1. The molecule has 0 saturated carbocycles. The van der Waals surface area contributed by atoms with Gasteiger partial charge in [0.15, 0.2) is 17.4 Å². The minimum Gasteiger partial charge on any atom is -0.450 e. The van der Waals surface area contributed by atoms with Crippen LogP contribution >= 0.6 is 11.6 Å². The van der Waals surface area contributed by atoms with Crippen LogP contribution in [0, 0.1) is 11.6 Å². The lowest BCUT2D eigenvalue weighted by Crippen LogP contribution is -2.41. The van der Waals surface area contributed by atoms with Crippen LogP contribution in [0.2, 0.25) is 5.02 Å². The van der Waals surface area contributed by atoms with Crippen molar-refractivity contribution in [2.75, 3.05) is 18.5 Å². The first-order valence-electron chi connectivity index (χ1n) is 8.95. The van der Waals surface area contributed by atoms with E-state index in [0.29, 0.717) is 42.1 Å². The van der Waals surface area contributed by atoms with E-state index in [4.69, 9.17) is 21.1 Å². The van der Waals surface area contributed by atoms with Gasteiger partial charge < -0.3 is 25.1 Å². The van der Waals surface area contributed by atoms with Crippen molar-refractivity contribution in [2.45, 2.75) is 18.9 Å². The molecule has 1 aromatic carbocycles. The molecule has 2 aromatic heterocycles. The highest BCUT2D eigenvalue weighted by Crippen LogP contribution is 2.36. The Bertz CT molecular complexity index is 1030. The Kier molecular flexibility index (Phi) is 5.50. The van der Waals surface area contributed by atoms with Crippen LogP contribution < -0.4 is 15.4 Å². The van der Waals surface area contributed by atoms with Crippen molar-refractivity contribution in [2.24, 2.45) is 0 Å². The molecule has 0 radical (unpaired) electrons. The molecule has 29 heavy (non-hydrogen) atoms. The largest absolute Gasteiger partial charge is 0.450 e. The van der Waals surface area contributed by atoms with Gasteiger partial charge in [-0.05, 0) is 18.9 Å². The number of anilines is 1. The number of H-pyrrole nitrogens is 1. The molecule has 0 atom stereocenters. The molecule has 3 aromatic rings. The molecule has 2 amide bonds. The Balaban J connectivity index is 1.51. The second kappa shape index (κ2) is 8.22. The summed E-state index contributed by atoms with van der Waals surface area (Å²) in [6.07, 6.45) is 4.30. The van der Waals surface area contributed by atoms with E-state index in [1.54, 1.807) is 0 Å². The van der Waals surface area contributed by atoms with Crippen LogP contribution in [0.4, 0.5) is 19.3 Å². The molecule has 0 spiro atoms. The zero-order valence-corrected chi connectivity index (χ0v) is 15.9. The number of benzene rings is 1. The molecule has 3 N–H and O–H groups in total. The third-order valence-corrected chi connectivity index (χ3v) is 4.81. The number of amides is 2. The van der Waals surface area contributed by atoms with E-state index in [0.717, 1.165) is 12.1 Å². The van der Waals surface area contributed by atoms with Crippen molar-refractivity contribution in [3.05, 3.63) is 47.2 Å². The number of rotatable bonds is 4. The van der Waals surface area contributed by atoms with Gasteiger partial charge in [-0.3, -0.25) is 0 Å². The second-order valence-electron chi connectivity index (χ2n) is 6.53. The highest BCUT2D eigenvalue weighted by atomic mass is 35.5. The minimum atomic E-state index is -0.969. The third-order valence-electron chi connectivity index (χ3n) is 4.51. The lowest BCUT2D eigenvalue weighted by atomic mass is 10.1. The number of pyridine rings is 1. The van der Waals surface area contributed by atoms with Gasteiger partial charge in [-0.1, -0.05) is 11.6 Å². The summed E-state index contributed by atoms with van der Waals surface area (Å²) in [5, 5.41) is 5.91. The van der Waals surface area contributed by atoms with E-state index >= 15 is 0 Å². The lowest BCUT2D eigenvalue weighted by molar-refractivity contribution is 0.0806. The van der Waals surface area contributed by atoms with Crippen LogP contribution in [0.3, 0.4) is 0 Å². The number of aromatic amines is 1. The maximum absolute atomic E-state index is 14.5. The topological polar surface area (TPSA) is 88.3 Å². The van der Waals surface area contributed by atoms with Gasteiger partial charge in [-0.2, -0.15) is 0 Å². The molecular formula is C19H17ClF2N4O3. The van der Waals surface area contributed by atoms with Crippen molar-refractivity contribution in [1.29, 1.82) is 0 Å². The summed E-state index contributed by atoms with van der Waals surface area (Å²) in [5.41, 5.74) is 0.396. The van der Waals surface area contributed by atoms with Crippen LogP contribution in [0.25, 0.3) is 11.0 Å². The second-order valence-corrected chi connectivity index (χ2v) is 6.93. The summed E-state index contributed by atoms with van der Waals surface area (Å²) in [6, 6.07) is 2.84.